The highest BCUT2D eigenvalue weighted by molar-refractivity contribution is 5.99. The first-order valence-electron chi connectivity index (χ1n) is 7.23. The molecule has 0 fully saturated rings. The summed E-state index contributed by atoms with van der Waals surface area (Å²) in [5.74, 6) is -0.299. The lowest BCUT2D eigenvalue weighted by atomic mass is 10.1. The summed E-state index contributed by atoms with van der Waals surface area (Å²) in [4.78, 5) is 38.5. The average molecular weight is 351 g/mol. The summed E-state index contributed by atoms with van der Waals surface area (Å²) in [5, 5.41) is 7.94. The van der Waals surface area contributed by atoms with Gasteiger partial charge in [-0.3, -0.25) is 10.1 Å². The number of oxime groups is 1. The Labute approximate surface area is 143 Å². The van der Waals surface area contributed by atoms with Crippen molar-refractivity contribution in [2.75, 3.05) is 27.1 Å². The molecule has 134 valence electrons. The Hall–Kier alpha value is -3.30. The van der Waals surface area contributed by atoms with Gasteiger partial charge in [-0.15, -0.1) is 0 Å². The molecular weight excluding hydrogens is 334 g/mol. The Balaban J connectivity index is 1.75. The van der Waals surface area contributed by atoms with Gasteiger partial charge in [0.15, 0.2) is 18.1 Å². The first-order valence-corrected chi connectivity index (χ1v) is 7.23. The van der Waals surface area contributed by atoms with Crippen molar-refractivity contribution in [3.05, 3.63) is 23.8 Å². The molecule has 2 rings (SSSR count). The van der Waals surface area contributed by atoms with Crippen molar-refractivity contribution in [3.8, 4) is 11.5 Å². The van der Waals surface area contributed by atoms with Crippen LogP contribution in [-0.4, -0.2) is 50.7 Å². The first-order chi connectivity index (χ1) is 12.0. The second kappa shape index (κ2) is 8.52. The molecule has 1 aromatic carbocycles. The zero-order chi connectivity index (χ0) is 18.2. The van der Waals surface area contributed by atoms with Gasteiger partial charge >= 0.3 is 12.0 Å². The van der Waals surface area contributed by atoms with Crippen molar-refractivity contribution in [1.29, 1.82) is 0 Å². The van der Waals surface area contributed by atoms with Gasteiger partial charge in [0.25, 0.3) is 5.91 Å². The van der Waals surface area contributed by atoms with Gasteiger partial charge in [0.1, 0.15) is 0 Å². The molecule has 0 aromatic heterocycles. The summed E-state index contributed by atoms with van der Waals surface area (Å²) < 4.78 is 15.1. The number of hydrogen-bond donors (Lipinski definition) is 2. The molecule has 0 radical (unpaired) electrons. The zero-order valence-corrected chi connectivity index (χ0v) is 13.7. The average Bonchev–Trinajstić information content (AvgIpc) is 3.07. The van der Waals surface area contributed by atoms with Crippen molar-refractivity contribution in [1.82, 2.24) is 10.6 Å². The van der Waals surface area contributed by atoms with Crippen LogP contribution in [0.15, 0.2) is 23.4 Å². The second-order valence-corrected chi connectivity index (χ2v) is 4.81. The fourth-order valence-electron chi connectivity index (χ4n) is 1.77. The Bertz CT molecular complexity index is 702. The third kappa shape index (κ3) is 5.37. The highest BCUT2D eigenvalue weighted by Gasteiger charge is 2.14. The van der Waals surface area contributed by atoms with E-state index in [-0.39, 0.29) is 6.79 Å². The third-order valence-corrected chi connectivity index (χ3v) is 3.02. The molecule has 1 aliphatic heterocycles. The highest BCUT2D eigenvalue weighted by Crippen LogP contribution is 2.32. The molecule has 0 bridgehead atoms. The number of hydrogen-bond acceptors (Lipinski definition) is 8. The van der Waals surface area contributed by atoms with Gasteiger partial charge < -0.3 is 24.4 Å². The van der Waals surface area contributed by atoms with E-state index in [1.807, 2.05) is 5.32 Å². The number of nitrogens with zero attached hydrogens (tertiary/aromatic N) is 1. The summed E-state index contributed by atoms with van der Waals surface area (Å²) in [6, 6.07) is 4.57. The number of imide groups is 1. The summed E-state index contributed by atoms with van der Waals surface area (Å²) in [5.41, 5.74) is 1.26. The van der Waals surface area contributed by atoms with Crippen molar-refractivity contribution < 1.29 is 33.4 Å². The fraction of sp³-hybridized carbons (Fsp3) is 0.333. The van der Waals surface area contributed by atoms with E-state index in [9.17, 15) is 14.4 Å². The largest absolute Gasteiger partial charge is 0.454 e. The highest BCUT2D eigenvalue weighted by atomic mass is 16.7. The van der Waals surface area contributed by atoms with Crippen LogP contribution in [-0.2, 0) is 19.2 Å². The lowest BCUT2D eigenvalue weighted by molar-refractivity contribution is -0.152. The Morgan fingerprint density at radius 2 is 1.96 bits per heavy atom. The van der Waals surface area contributed by atoms with Gasteiger partial charge in [0.05, 0.1) is 5.71 Å². The van der Waals surface area contributed by atoms with Crippen LogP contribution in [0.5, 0.6) is 11.5 Å². The summed E-state index contributed by atoms with van der Waals surface area (Å²) in [6.07, 6.45) is 0. The molecular formula is C15H17N3O7. The monoisotopic (exact) mass is 351 g/mol. The lowest BCUT2D eigenvalue weighted by Crippen LogP contribution is -2.39. The number of rotatable bonds is 6. The molecule has 1 heterocycles. The van der Waals surface area contributed by atoms with Gasteiger partial charge in [-0.25, -0.2) is 9.59 Å². The van der Waals surface area contributed by atoms with Gasteiger partial charge in [0, 0.05) is 12.6 Å². The van der Waals surface area contributed by atoms with Crippen molar-refractivity contribution in [2.24, 2.45) is 5.16 Å². The van der Waals surface area contributed by atoms with E-state index in [0.717, 1.165) is 5.56 Å². The predicted molar refractivity (Wildman–Crippen MR) is 84.3 cm³/mol. The number of esters is 1. The van der Waals surface area contributed by atoms with Crippen molar-refractivity contribution in [2.45, 2.75) is 6.92 Å². The van der Waals surface area contributed by atoms with E-state index in [1.165, 1.54) is 7.05 Å². The minimum Gasteiger partial charge on any atom is -0.454 e. The quantitative estimate of drug-likeness (QED) is 0.425. The molecule has 0 atom stereocenters. The number of ether oxygens (including phenoxy) is 3. The maximum absolute atomic E-state index is 11.4. The van der Waals surface area contributed by atoms with Gasteiger partial charge in [-0.2, -0.15) is 0 Å². The molecule has 3 amide bonds. The maximum atomic E-state index is 11.4. The SMILES string of the molecule is CNC(=O)NC(=O)COC(=O)CO/N=C(/C)c1ccc2c(c1)OCO2. The molecule has 0 unspecified atom stereocenters. The molecule has 25 heavy (non-hydrogen) atoms. The second-order valence-electron chi connectivity index (χ2n) is 4.81. The number of amides is 3. The molecule has 1 aromatic rings. The molecule has 0 saturated heterocycles. The molecule has 0 saturated carbocycles. The first kappa shape index (κ1) is 18.0. The van der Waals surface area contributed by atoms with E-state index >= 15 is 0 Å². The van der Waals surface area contributed by atoms with Crippen LogP contribution < -0.4 is 20.1 Å². The van der Waals surface area contributed by atoms with E-state index in [2.05, 4.69) is 15.2 Å². The molecule has 0 aliphatic carbocycles. The molecule has 10 nitrogen and oxygen atoms in total. The van der Waals surface area contributed by atoms with Crippen LogP contribution in [0.25, 0.3) is 0 Å². The smallest absolute Gasteiger partial charge is 0.347 e. The van der Waals surface area contributed by atoms with E-state index in [4.69, 9.17) is 14.3 Å². The van der Waals surface area contributed by atoms with Crippen molar-refractivity contribution in [3.63, 3.8) is 0 Å². The number of benzene rings is 1. The van der Waals surface area contributed by atoms with Gasteiger partial charge in [0.2, 0.25) is 13.4 Å². The van der Waals surface area contributed by atoms with Crippen LogP contribution in [0, 0.1) is 0 Å². The molecule has 10 heteroatoms. The minimum atomic E-state index is -0.797. The van der Waals surface area contributed by atoms with E-state index in [1.54, 1.807) is 25.1 Å². The topological polar surface area (TPSA) is 125 Å². The Morgan fingerprint density at radius 3 is 2.72 bits per heavy atom. The van der Waals surface area contributed by atoms with Crippen LogP contribution in [0.3, 0.4) is 0 Å². The molecule has 1 aliphatic rings. The normalized spacial score (nSPS) is 12.3. The Kier molecular flexibility index (Phi) is 6.15. The third-order valence-electron chi connectivity index (χ3n) is 3.02. The van der Waals surface area contributed by atoms with Crippen molar-refractivity contribution >= 4 is 23.6 Å². The fourth-order valence-corrected chi connectivity index (χ4v) is 1.77. The zero-order valence-electron chi connectivity index (χ0n) is 13.7. The summed E-state index contributed by atoms with van der Waals surface area (Å²) in [6.45, 7) is 0.792. The predicted octanol–water partition coefficient (Wildman–Crippen LogP) is 0.155. The molecule has 0 spiro atoms. The number of urea groups is 1. The van der Waals surface area contributed by atoms with Crippen LogP contribution in [0.4, 0.5) is 4.79 Å². The van der Waals surface area contributed by atoms with E-state index in [0.29, 0.717) is 17.2 Å². The number of nitrogens with one attached hydrogen (secondary N) is 2. The minimum absolute atomic E-state index is 0.171. The standard InChI is InChI=1S/C15H17N3O7/c1-9(10-3-4-11-12(5-10)24-8-23-11)18-25-7-14(20)22-6-13(19)17-15(21)16-2/h3-5H,6-8H2,1-2H3,(H2,16,17,19,21)/b18-9-. The maximum Gasteiger partial charge on any atom is 0.347 e. The number of carbonyl (C=O) groups excluding carboxylic acids is 3. The summed E-state index contributed by atoms with van der Waals surface area (Å²) in [7, 11) is 1.35. The van der Waals surface area contributed by atoms with Crippen LogP contribution >= 0.6 is 0 Å². The molecule has 2 N–H and O–H groups in total. The van der Waals surface area contributed by atoms with Crippen LogP contribution in [0.2, 0.25) is 0 Å². The Morgan fingerprint density at radius 1 is 1.20 bits per heavy atom. The lowest BCUT2D eigenvalue weighted by Gasteiger charge is -2.05. The summed E-state index contributed by atoms with van der Waals surface area (Å²) >= 11 is 0. The number of fused-ring (bicyclic) bond motifs is 1. The van der Waals surface area contributed by atoms with Gasteiger partial charge in [-0.05, 0) is 25.1 Å². The number of carbonyl (C=O) groups is 3. The van der Waals surface area contributed by atoms with E-state index < -0.39 is 31.1 Å². The van der Waals surface area contributed by atoms with Crippen LogP contribution in [0.1, 0.15) is 12.5 Å². The van der Waals surface area contributed by atoms with Gasteiger partial charge in [-0.1, -0.05) is 5.16 Å².